The molecule has 0 aromatic heterocycles. The van der Waals surface area contributed by atoms with Crippen molar-refractivity contribution in [2.75, 3.05) is 19.8 Å². The number of nitrogens with zero attached hydrogens (tertiary/aromatic N) is 1. The van der Waals surface area contributed by atoms with Crippen molar-refractivity contribution in [3.63, 3.8) is 0 Å². The lowest BCUT2D eigenvalue weighted by molar-refractivity contribution is 0.447. The summed E-state index contributed by atoms with van der Waals surface area (Å²) in [5, 5.41) is 3.56. The van der Waals surface area contributed by atoms with Gasteiger partial charge in [0.15, 0.2) is 0 Å². The molecule has 1 N–H and O–H groups in total. The molecular weight excluding hydrogens is 371 g/mol. The Morgan fingerprint density at radius 2 is 1.88 bits per heavy atom. The van der Waals surface area contributed by atoms with E-state index in [-0.39, 0.29) is 22.8 Å². The van der Waals surface area contributed by atoms with Gasteiger partial charge in [0.1, 0.15) is 5.82 Å². The first-order valence-corrected chi connectivity index (χ1v) is 10.9. The highest BCUT2D eigenvalue weighted by molar-refractivity contribution is 7.99. The van der Waals surface area contributed by atoms with Crippen molar-refractivity contribution < 1.29 is 12.8 Å². The van der Waals surface area contributed by atoms with Gasteiger partial charge in [0.25, 0.3) is 0 Å². The highest BCUT2D eigenvalue weighted by Gasteiger charge is 2.23. The second-order valence-corrected chi connectivity index (χ2v) is 9.91. The second kappa shape index (κ2) is 7.68. The monoisotopic (exact) mass is 394 g/mol. The average Bonchev–Trinajstić information content (AvgIpc) is 2.62. The summed E-state index contributed by atoms with van der Waals surface area (Å²) >= 11 is 1.75. The summed E-state index contributed by atoms with van der Waals surface area (Å²) in [5.41, 5.74) is 2.00. The van der Waals surface area contributed by atoms with Gasteiger partial charge in [0.2, 0.25) is 10.0 Å². The second-order valence-electron chi connectivity index (χ2n) is 6.62. The summed E-state index contributed by atoms with van der Waals surface area (Å²) < 4.78 is 39.2. The number of nitrogens with one attached hydrogen (secondary N) is 1. The fourth-order valence-electron chi connectivity index (χ4n) is 3.08. The highest BCUT2D eigenvalue weighted by Crippen LogP contribution is 2.37. The number of rotatable bonds is 5. The Kier molecular flexibility index (Phi) is 5.72. The Hall–Kier alpha value is -1.41. The summed E-state index contributed by atoms with van der Waals surface area (Å²) in [7, 11) is -0.385. The fourth-order valence-corrected chi connectivity index (χ4v) is 5.08. The first-order chi connectivity index (χ1) is 12.3. The molecule has 1 heterocycles. The van der Waals surface area contributed by atoms with Crippen LogP contribution in [0.5, 0.6) is 0 Å². The maximum atomic E-state index is 13.7. The van der Waals surface area contributed by atoms with Crippen LogP contribution in [0.1, 0.15) is 36.6 Å². The van der Waals surface area contributed by atoms with Gasteiger partial charge in [0, 0.05) is 31.1 Å². The van der Waals surface area contributed by atoms with E-state index >= 15 is 0 Å². The van der Waals surface area contributed by atoms with E-state index in [1.807, 2.05) is 25.1 Å². The molecular formula is C19H23FN2O2S2. The molecule has 2 aromatic rings. The van der Waals surface area contributed by atoms with Crippen molar-refractivity contribution in [1.82, 2.24) is 9.62 Å². The van der Waals surface area contributed by atoms with Gasteiger partial charge in [-0.05, 0) is 60.6 Å². The van der Waals surface area contributed by atoms with E-state index < -0.39 is 10.0 Å². The van der Waals surface area contributed by atoms with E-state index in [1.165, 1.54) is 24.5 Å². The van der Waals surface area contributed by atoms with E-state index in [9.17, 15) is 12.8 Å². The number of halogens is 1. The summed E-state index contributed by atoms with van der Waals surface area (Å²) in [6.45, 7) is 2.04. The van der Waals surface area contributed by atoms with Gasteiger partial charge in [-0.25, -0.2) is 17.1 Å². The minimum Gasteiger partial charge on any atom is -0.303 e. The SMILES string of the molecule is C[C@H](N[C@H]1CCSc2ccc(F)cc21)c1ccc(S(=O)(=O)N(C)C)cc1. The molecule has 0 aliphatic carbocycles. The van der Waals surface area contributed by atoms with Gasteiger partial charge in [-0.1, -0.05) is 12.1 Å². The van der Waals surface area contributed by atoms with Crippen LogP contribution in [0.2, 0.25) is 0 Å². The third kappa shape index (κ3) is 3.96. The maximum absolute atomic E-state index is 13.7. The van der Waals surface area contributed by atoms with Crippen LogP contribution in [0.25, 0.3) is 0 Å². The molecule has 1 aliphatic heterocycles. The molecule has 2 atom stereocenters. The molecule has 2 aromatic carbocycles. The molecule has 3 rings (SSSR count). The summed E-state index contributed by atoms with van der Waals surface area (Å²) in [5.74, 6) is 0.771. The van der Waals surface area contributed by atoms with Crippen LogP contribution in [-0.4, -0.2) is 32.6 Å². The van der Waals surface area contributed by atoms with E-state index in [1.54, 1.807) is 30.0 Å². The zero-order valence-corrected chi connectivity index (χ0v) is 16.7. The Balaban J connectivity index is 1.77. The average molecular weight is 395 g/mol. The molecule has 0 bridgehead atoms. The van der Waals surface area contributed by atoms with E-state index in [0.29, 0.717) is 0 Å². The highest BCUT2D eigenvalue weighted by atomic mass is 32.2. The van der Waals surface area contributed by atoms with Crippen LogP contribution in [-0.2, 0) is 10.0 Å². The zero-order chi connectivity index (χ0) is 18.9. The number of hydrogen-bond donors (Lipinski definition) is 1. The van der Waals surface area contributed by atoms with Crippen molar-refractivity contribution in [2.45, 2.75) is 35.2 Å². The van der Waals surface area contributed by atoms with Gasteiger partial charge in [-0.2, -0.15) is 0 Å². The lowest BCUT2D eigenvalue weighted by Gasteiger charge is -2.29. The molecule has 1 aliphatic rings. The summed E-state index contributed by atoms with van der Waals surface area (Å²) in [6, 6.07) is 12.0. The van der Waals surface area contributed by atoms with Crippen LogP contribution >= 0.6 is 11.8 Å². The Morgan fingerprint density at radius 3 is 2.54 bits per heavy atom. The molecule has 0 saturated carbocycles. The Bertz CT molecular complexity index is 883. The molecule has 0 radical (unpaired) electrons. The van der Waals surface area contributed by atoms with Gasteiger partial charge in [0.05, 0.1) is 4.90 Å². The minimum absolute atomic E-state index is 0.0235. The van der Waals surface area contributed by atoms with Gasteiger partial charge in [-0.3, -0.25) is 0 Å². The molecule has 0 saturated heterocycles. The van der Waals surface area contributed by atoms with Crippen LogP contribution in [0, 0.1) is 5.82 Å². The molecule has 0 amide bonds. The lowest BCUT2D eigenvalue weighted by atomic mass is 10.0. The number of sulfonamides is 1. The smallest absolute Gasteiger partial charge is 0.242 e. The van der Waals surface area contributed by atoms with Crippen molar-refractivity contribution >= 4 is 21.8 Å². The quantitative estimate of drug-likeness (QED) is 0.834. The van der Waals surface area contributed by atoms with Gasteiger partial charge < -0.3 is 5.32 Å². The molecule has 0 spiro atoms. The number of benzene rings is 2. The fraction of sp³-hybridized carbons (Fsp3) is 0.368. The van der Waals surface area contributed by atoms with Crippen molar-refractivity contribution in [1.29, 1.82) is 0 Å². The molecule has 26 heavy (non-hydrogen) atoms. The first kappa shape index (κ1) is 19.4. The van der Waals surface area contributed by atoms with Crippen molar-refractivity contribution in [3.05, 3.63) is 59.4 Å². The first-order valence-electron chi connectivity index (χ1n) is 8.50. The predicted molar refractivity (Wildman–Crippen MR) is 103 cm³/mol. The van der Waals surface area contributed by atoms with Crippen LogP contribution in [0.3, 0.4) is 0 Å². The third-order valence-electron chi connectivity index (χ3n) is 4.62. The molecule has 0 unspecified atom stereocenters. The number of hydrogen-bond acceptors (Lipinski definition) is 4. The summed E-state index contributed by atoms with van der Waals surface area (Å²) in [4.78, 5) is 1.40. The van der Waals surface area contributed by atoms with E-state index in [2.05, 4.69) is 5.32 Å². The van der Waals surface area contributed by atoms with Crippen LogP contribution in [0.4, 0.5) is 4.39 Å². The number of fused-ring (bicyclic) bond motifs is 1. The lowest BCUT2D eigenvalue weighted by Crippen LogP contribution is -2.27. The third-order valence-corrected chi connectivity index (χ3v) is 7.57. The molecule has 7 heteroatoms. The van der Waals surface area contributed by atoms with Gasteiger partial charge in [-0.15, -0.1) is 11.8 Å². The zero-order valence-electron chi connectivity index (χ0n) is 15.1. The number of thioether (sulfide) groups is 1. The van der Waals surface area contributed by atoms with Crippen molar-refractivity contribution in [3.8, 4) is 0 Å². The molecule has 4 nitrogen and oxygen atoms in total. The van der Waals surface area contributed by atoms with Crippen LogP contribution in [0.15, 0.2) is 52.3 Å². The normalized spacial score (nSPS) is 18.6. The van der Waals surface area contributed by atoms with E-state index in [4.69, 9.17) is 0 Å². The summed E-state index contributed by atoms with van der Waals surface area (Å²) in [6.07, 6.45) is 0.929. The standard InChI is InChI=1S/C19H23FN2O2S2/c1-13(14-4-7-16(8-5-14)26(23,24)22(2)3)21-18-10-11-25-19-9-6-15(20)12-17(18)19/h4-9,12-13,18,21H,10-11H2,1-3H3/t13-,18-/m0/s1. The van der Waals surface area contributed by atoms with Gasteiger partial charge >= 0.3 is 0 Å². The maximum Gasteiger partial charge on any atom is 0.242 e. The molecule has 0 fully saturated rings. The van der Waals surface area contributed by atoms with Crippen molar-refractivity contribution in [2.24, 2.45) is 0 Å². The predicted octanol–water partition coefficient (Wildman–Crippen LogP) is 3.96. The molecule has 140 valence electrons. The van der Waals surface area contributed by atoms with E-state index in [0.717, 1.165) is 28.2 Å². The van der Waals surface area contributed by atoms with Crippen LogP contribution < -0.4 is 5.32 Å². The largest absolute Gasteiger partial charge is 0.303 e. The Labute approximate surface area is 158 Å². The minimum atomic E-state index is -3.42. The Morgan fingerprint density at radius 1 is 1.19 bits per heavy atom. The topological polar surface area (TPSA) is 49.4 Å².